The third-order valence-electron chi connectivity index (χ3n) is 8.42. The van der Waals surface area contributed by atoms with Gasteiger partial charge in [-0.1, -0.05) is 97.1 Å². The van der Waals surface area contributed by atoms with Crippen LogP contribution >= 0.6 is 0 Å². The zero-order chi connectivity index (χ0) is 29.7. The van der Waals surface area contributed by atoms with E-state index in [9.17, 15) is 0 Å². The number of rotatable bonds is 0. The fourth-order valence-electron chi connectivity index (χ4n) is 6.29. The molecule has 3 heterocycles. The van der Waals surface area contributed by atoms with Crippen molar-refractivity contribution >= 4 is 0 Å². The maximum absolute atomic E-state index is 6.83. The molecule has 0 unspecified atom stereocenters. The minimum atomic E-state index is -0.0443. The highest BCUT2D eigenvalue weighted by Crippen LogP contribution is 2.53. The Bertz CT molecular complexity index is 2120. The van der Waals surface area contributed by atoms with Crippen LogP contribution in [0.1, 0.15) is 11.1 Å². The van der Waals surface area contributed by atoms with Gasteiger partial charge in [0, 0.05) is 33.4 Å². The number of fused-ring (bicyclic) bond motifs is 5. The molecule has 0 saturated carbocycles. The van der Waals surface area contributed by atoms with Gasteiger partial charge in [-0.2, -0.15) is 0 Å². The Kier molecular flexibility index (Phi) is 5.91. The SMILES string of the molecule is c1ccc2c(c1)COc1c3cccc1-c1cccc4c1OCOc1c(cccc1-c1cccc-4c1OC2)Oc1ccccc1O3. The fraction of sp³-hybridized carbons (Fsp3) is 0.0769. The number of hydrogen-bond acceptors (Lipinski definition) is 6. The van der Waals surface area contributed by atoms with E-state index in [2.05, 4.69) is 30.3 Å². The summed E-state index contributed by atoms with van der Waals surface area (Å²) in [6.45, 7) is 0.600. The molecule has 0 spiro atoms. The molecule has 6 aromatic rings. The second-order valence-corrected chi connectivity index (χ2v) is 11.0. The van der Waals surface area contributed by atoms with E-state index >= 15 is 0 Å². The van der Waals surface area contributed by atoms with Gasteiger partial charge in [-0.3, -0.25) is 0 Å². The van der Waals surface area contributed by atoms with Crippen LogP contribution in [0.4, 0.5) is 0 Å². The average Bonchev–Trinajstić information content (AvgIpc) is 3.08. The van der Waals surface area contributed by atoms with Crippen LogP contribution < -0.4 is 28.4 Å². The molecule has 6 heteroatoms. The maximum atomic E-state index is 6.83. The van der Waals surface area contributed by atoms with Gasteiger partial charge >= 0.3 is 0 Å². The summed E-state index contributed by atoms with van der Waals surface area (Å²) in [5.74, 6) is 4.66. The van der Waals surface area contributed by atoms with E-state index in [1.807, 2.05) is 91.0 Å². The number of para-hydroxylation sites is 6. The summed E-state index contributed by atoms with van der Waals surface area (Å²) < 4.78 is 39.8. The van der Waals surface area contributed by atoms with Crippen LogP contribution in [0, 0.1) is 0 Å². The maximum Gasteiger partial charge on any atom is 0.231 e. The number of benzene rings is 6. The zero-order valence-corrected chi connectivity index (χ0v) is 24.1. The fourth-order valence-corrected chi connectivity index (χ4v) is 6.29. The van der Waals surface area contributed by atoms with E-state index < -0.39 is 0 Å². The lowest BCUT2D eigenvalue weighted by Crippen LogP contribution is -2.11. The largest absolute Gasteiger partial charge is 0.488 e. The summed E-state index contributed by atoms with van der Waals surface area (Å²) in [5.41, 5.74) is 7.21. The van der Waals surface area contributed by atoms with E-state index in [0.29, 0.717) is 53.5 Å². The molecule has 218 valence electrons. The van der Waals surface area contributed by atoms with Gasteiger partial charge < -0.3 is 28.4 Å². The summed E-state index contributed by atoms with van der Waals surface area (Å²) in [6.07, 6.45) is 0. The van der Waals surface area contributed by atoms with Crippen molar-refractivity contribution in [1.82, 2.24) is 0 Å². The number of hydrogen-bond donors (Lipinski definition) is 0. The van der Waals surface area contributed by atoms with E-state index in [0.717, 1.165) is 50.3 Å². The highest BCUT2D eigenvalue weighted by molar-refractivity contribution is 5.92. The highest BCUT2D eigenvalue weighted by Gasteiger charge is 2.28. The van der Waals surface area contributed by atoms with Crippen LogP contribution in [0.5, 0.6) is 46.0 Å². The molecule has 0 aliphatic carbocycles. The molecule has 3 aliphatic rings. The highest BCUT2D eigenvalue weighted by atomic mass is 16.7. The van der Waals surface area contributed by atoms with Gasteiger partial charge in [-0.05, 0) is 35.4 Å². The molecule has 9 rings (SSSR count). The van der Waals surface area contributed by atoms with Crippen LogP contribution in [-0.2, 0) is 13.2 Å². The topological polar surface area (TPSA) is 55.4 Å². The van der Waals surface area contributed by atoms with Gasteiger partial charge in [0.25, 0.3) is 0 Å². The molecule has 6 aromatic carbocycles. The van der Waals surface area contributed by atoms with Crippen molar-refractivity contribution in [2.75, 3.05) is 6.79 Å². The average molecular weight is 591 g/mol. The molecule has 0 saturated heterocycles. The number of ether oxygens (including phenoxy) is 6. The summed E-state index contributed by atoms with van der Waals surface area (Å²) in [6, 6.07) is 39.9. The van der Waals surface area contributed by atoms with Crippen molar-refractivity contribution in [2.45, 2.75) is 13.2 Å². The first-order valence-corrected chi connectivity index (χ1v) is 14.9. The first-order chi connectivity index (χ1) is 22.3. The van der Waals surface area contributed by atoms with E-state index in [-0.39, 0.29) is 6.79 Å². The Morgan fingerprint density at radius 3 is 1.20 bits per heavy atom. The molecule has 0 fully saturated rings. The minimum absolute atomic E-state index is 0.0443. The van der Waals surface area contributed by atoms with E-state index in [4.69, 9.17) is 28.4 Å². The Morgan fingerprint density at radius 2 is 0.667 bits per heavy atom. The van der Waals surface area contributed by atoms with E-state index in [1.54, 1.807) is 0 Å². The van der Waals surface area contributed by atoms with Crippen molar-refractivity contribution in [3.8, 4) is 79.4 Å². The summed E-state index contributed by atoms with van der Waals surface area (Å²) in [5, 5.41) is 0. The lowest BCUT2D eigenvalue weighted by molar-refractivity contribution is 0.118. The Morgan fingerprint density at radius 1 is 0.311 bits per heavy atom. The molecule has 3 aliphatic heterocycles. The second kappa shape index (κ2) is 10.4. The third kappa shape index (κ3) is 4.25. The van der Waals surface area contributed by atoms with Gasteiger partial charge in [0.05, 0.1) is 0 Å². The smallest absolute Gasteiger partial charge is 0.231 e. The lowest BCUT2D eigenvalue weighted by Gasteiger charge is -2.25. The van der Waals surface area contributed by atoms with Crippen LogP contribution in [0.2, 0.25) is 0 Å². The lowest BCUT2D eigenvalue weighted by atomic mass is 9.92. The van der Waals surface area contributed by atoms with Crippen LogP contribution in [-0.4, -0.2) is 6.79 Å². The van der Waals surface area contributed by atoms with Crippen molar-refractivity contribution in [3.05, 3.63) is 132 Å². The zero-order valence-electron chi connectivity index (χ0n) is 24.1. The van der Waals surface area contributed by atoms with Gasteiger partial charge in [0.1, 0.15) is 24.7 Å². The standard InChI is InChI=1S/C39H26O6/c1-2-10-25-22-41-38-30-15-7-19-34(38)44-32-17-3-4-18-33(32)45-35-20-8-16-31-28-13-5-11-26(36(28)40-21-24(25)9-1)27-12-6-14-29(30)37(27)42-23-43-39(31)35/h1-20H,21-23H2. The molecular formula is C39H26O6. The van der Waals surface area contributed by atoms with Gasteiger partial charge in [-0.25, -0.2) is 0 Å². The summed E-state index contributed by atoms with van der Waals surface area (Å²) in [4.78, 5) is 0. The molecule has 0 aromatic heterocycles. The minimum Gasteiger partial charge on any atom is -0.488 e. The normalized spacial score (nSPS) is 13.7. The summed E-state index contributed by atoms with van der Waals surface area (Å²) >= 11 is 0. The molecule has 0 atom stereocenters. The van der Waals surface area contributed by atoms with Gasteiger partial charge in [0.2, 0.25) is 6.79 Å². The van der Waals surface area contributed by atoms with Crippen LogP contribution in [0.3, 0.4) is 0 Å². The molecular weight excluding hydrogens is 564 g/mol. The van der Waals surface area contributed by atoms with Gasteiger partial charge in [0.15, 0.2) is 34.5 Å². The Labute approximate surface area is 259 Å². The first-order valence-electron chi connectivity index (χ1n) is 14.9. The predicted octanol–water partition coefficient (Wildman–Crippen LogP) is 9.79. The molecule has 45 heavy (non-hydrogen) atoms. The molecule has 0 radical (unpaired) electrons. The Hall–Kier alpha value is -5.88. The third-order valence-corrected chi connectivity index (χ3v) is 8.42. The van der Waals surface area contributed by atoms with Crippen molar-refractivity contribution < 1.29 is 28.4 Å². The monoisotopic (exact) mass is 590 g/mol. The van der Waals surface area contributed by atoms with Crippen molar-refractivity contribution in [1.29, 1.82) is 0 Å². The predicted molar refractivity (Wildman–Crippen MR) is 171 cm³/mol. The van der Waals surface area contributed by atoms with Crippen LogP contribution in [0.25, 0.3) is 33.4 Å². The summed E-state index contributed by atoms with van der Waals surface area (Å²) in [7, 11) is 0. The molecule has 10 bridgehead atoms. The first kappa shape index (κ1) is 25.6. The molecule has 0 N–H and O–H groups in total. The quantitative estimate of drug-likeness (QED) is 0.175. The molecule has 6 nitrogen and oxygen atoms in total. The second-order valence-electron chi connectivity index (χ2n) is 11.0. The Balaban J connectivity index is 1.45. The van der Waals surface area contributed by atoms with Crippen LogP contribution in [0.15, 0.2) is 121 Å². The van der Waals surface area contributed by atoms with Crippen molar-refractivity contribution in [2.24, 2.45) is 0 Å². The van der Waals surface area contributed by atoms with Crippen molar-refractivity contribution in [3.63, 3.8) is 0 Å². The van der Waals surface area contributed by atoms with Gasteiger partial charge in [-0.15, -0.1) is 0 Å². The molecule has 0 amide bonds. The van der Waals surface area contributed by atoms with E-state index in [1.165, 1.54) is 0 Å².